The van der Waals surface area contributed by atoms with Gasteiger partial charge in [-0.05, 0) is 42.2 Å². The molecular formula is C20H33NO4Si. The summed E-state index contributed by atoms with van der Waals surface area (Å²) in [6, 6.07) is 7.40. The number of aliphatic hydroxyl groups is 1. The Morgan fingerprint density at radius 3 is 2.35 bits per heavy atom. The number of benzene rings is 1. The Hall–Kier alpha value is -1.37. The molecule has 2 atom stereocenters. The molecule has 26 heavy (non-hydrogen) atoms. The van der Waals surface area contributed by atoms with E-state index in [-0.39, 0.29) is 29.7 Å². The molecule has 0 saturated carbocycles. The second kappa shape index (κ2) is 8.11. The second-order valence-corrected chi connectivity index (χ2v) is 13.3. The summed E-state index contributed by atoms with van der Waals surface area (Å²) in [6.45, 7) is 11.4. The SMILES string of the molecule is COc1ccc(CN2C(=O)CC[C@H](O[Si](C)(C)C(C)(C)C)[C@H]2CO)cc1. The molecule has 0 spiro atoms. The highest BCUT2D eigenvalue weighted by molar-refractivity contribution is 6.74. The zero-order valence-corrected chi connectivity index (χ0v) is 17.9. The zero-order valence-electron chi connectivity index (χ0n) is 16.9. The van der Waals surface area contributed by atoms with E-state index in [4.69, 9.17) is 9.16 Å². The molecule has 1 saturated heterocycles. The van der Waals surface area contributed by atoms with Crippen LogP contribution in [0, 0.1) is 0 Å². The van der Waals surface area contributed by atoms with E-state index < -0.39 is 8.32 Å². The first-order valence-corrected chi connectivity index (χ1v) is 12.2. The van der Waals surface area contributed by atoms with Crippen LogP contribution in [0.2, 0.25) is 18.1 Å². The van der Waals surface area contributed by atoms with Gasteiger partial charge < -0.3 is 19.2 Å². The number of ether oxygens (including phenoxy) is 1. The van der Waals surface area contributed by atoms with Crippen molar-refractivity contribution in [2.45, 2.75) is 70.4 Å². The lowest BCUT2D eigenvalue weighted by atomic mass is 9.98. The van der Waals surface area contributed by atoms with Crippen LogP contribution in [-0.4, -0.2) is 50.1 Å². The fraction of sp³-hybridized carbons (Fsp3) is 0.650. The van der Waals surface area contributed by atoms with E-state index in [1.54, 1.807) is 12.0 Å². The van der Waals surface area contributed by atoms with Crippen molar-refractivity contribution < 1.29 is 19.1 Å². The molecule has 1 amide bonds. The van der Waals surface area contributed by atoms with Gasteiger partial charge in [0.05, 0.1) is 25.9 Å². The Labute approximate surface area is 158 Å². The van der Waals surface area contributed by atoms with Crippen LogP contribution in [0.25, 0.3) is 0 Å². The summed E-state index contributed by atoms with van der Waals surface area (Å²) < 4.78 is 11.8. The molecule has 1 aliphatic rings. The summed E-state index contributed by atoms with van der Waals surface area (Å²) in [5, 5.41) is 10.1. The molecule has 0 radical (unpaired) electrons. The van der Waals surface area contributed by atoms with Gasteiger partial charge in [-0.1, -0.05) is 32.9 Å². The molecule has 2 rings (SSSR count). The average molecular weight is 380 g/mol. The Balaban J connectivity index is 2.17. The average Bonchev–Trinajstić information content (AvgIpc) is 2.57. The number of piperidine rings is 1. The molecule has 1 fully saturated rings. The van der Waals surface area contributed by atoms with Gasteiger partial charge in [0.2, 0.25) is 5.91 Å². The van der Waals surface area contributed by atoms with Gasteiger partial charge in [-0.15, -0.1) is 0 Å². The standard InChI is InChI=1S/C20H33NO4Si/c1-20(2,3)26(5,6)25-18-11-12-19(23)21(17(18)14-22)13-15-7-9-16(24-4)10-8-15/h7-10,17-18,22H,11-14H2,1-6H3/t17-,18+/m1/s1. The summed E-state index contributed by atoms with van der Waals surface area (Å²) in [4.78, 5) is 14.3. The van der Waals surface area contributed by atoms with Gasteiger partial charge in [-0.3, -0.25) is 4.79 Å². The molecule has 1 N–H and O–H groups in total. The van der Waals surface area contributed by atoms with Crippen LogP contribution in [0.4, 0.5) is 0 Å². The number of likely N-dealkylation sites (tertiary alicyclic amines) is 1. The third-order valence-corrected chi connectivity index (χ3v) is 10.2. The molecule has 146 valence electrons. The van der Waals surface area contributed by atoms with Crippen LogP contribution in [0.3, 0.4) is 0 Å². The molecule has 0 aromatic heterocycles. The molecule has 0 bridgehead atoms. The van der Waals surface area contributed by atoms with Crippen LogP contribution < -0.4 is 4.74 Å². The summed E-state index contributed by atoms with van der Waals surface area (Å²) in [6.07, 6.45) is 1.03. The van der Waals surface area contributed by atoms with E-state index in [2.05, 4.69) is 33.9 Å². The highest BCUT2D eigenvalue weighted by Crippen LogP contribution is 2.39. The first-order valence-electron chi connectivity index (χ1n) is 9.30. The van der Waals surface area contributed by atoms with Gasteiger partial charge in [0.25, 0.3) is 0 Å². The fourth-order valence-corrected chi connectivity index (χ4v) is 4.41. The number of aliphatic hydroxyl groups excluding tert-OH is 1. The fourth-order valence-electron chi connectivity index (χ4n) is 3.03. The van der Waals surface area contributed by atoms with E-state index in [9.17, 15) is 9.90 Å². The molecule has 1 heterocycles. The van der Waals surface area contributed by atoms with E-state index >= 15 is 0 Å². The van der Waals surface area contributed by atoms with Gasteiger partial charge in [0, 0.05) is 13.0 Å². The molecular weight excluding hydrogens is 346 g/mol. The number of carbonyl (C=O) groups is 1. The van der Waals surface area contributed by atoms with Crippen LogP contribution in [0.1, 0.15) is 39.2 Å². The minimum absolute atomic E-state index is 0.0787. The molecule has 0 unspecified atom stereocenters. The van der Waals surface area contributed by atoms with Gasteiger partial charge in [0.15, 0.2) is 8.32 Å². The Kier molecular flexibility index (Phi) is 6.53. The maximum atomic E-state index is 12.5. The minimum Gasteiger partial charge on any atom is -0.497 e. The highest BCUT2D eigenvalue weighted by atomic mass is 28.4. The number of methoxy groups -OCH3 is 1. The molecule has 1 aromatic carbocycles. The number of amides is 1. The third-order valence-electron chi connectivity index (χ3n) is 5.74. The van der Waals surface area contributed by atoms with Crippen molar-refractivity contribution in [3.05, 3.63) is 29.8 Å². The van der Waals surface area contributed by atoms with E-state index in [0.29, 0.717) is 19.4 Å². The van der Waals surface area contributed by atoms with Crippen molar-refractivity contribution in [1.29, 1.82) is 0 Å². The lowest BCUT2D eigenvalue weighted by molar-refractivity contribution is -0.144. The number of hydrogen-bond donors (Lipinski definition) is 1. The maximum Gasteiger partial charge on any atom is 0.223 e. The largest absolute Gasteiger partial charge is 0.497 e. The van der Waals surface area contributed by atoms with Crippen molar-refractivity contribution in [3.63, 3.8) is 0 Å². The van der Waals surface area contributed by atoms with Crippen LogP contribution in [-0.2, 0) is 15.8 Å². The smallest absolute Gasteiger partial charge is 0.223 e. The van der Waals surface area contributed by atoms with Crippen molar-refractivity contribution in [1.82, 2.24) is 4.90 Å². The predicted molar refractivity (Wildman–Crippen MR) is 106 cm³/mol. The Bertz CT molecular complexity index is 609. The second-order valence-electron chi connectivity index (χ2n) is 8.57. The van der Waals surface area contributed by atoms with Gasteiger partial charge in [0.1, 0.15) is 5.75 Å². The monoisotopic (exact) mass is 379 g/mol. The quantitative estimate of drug-likeness (QED) is 0.768. The molecule has 0 aliphatic carbocycles. The van der Waals surface area contributed by atoms with E-state index in [0.717, 1.165) is 11.3 Å². The summed E-state index contributed by atoms with van der Waals surface area (Å²) in [5.41, 5.74) is 1.02. The first kappa shape index (κ1) is 20.9. The topological polar surface area (TPSA) is 59.0 Å². The minimum atomic E-state index is -1.97. The van der Waals surface area contributed by atoms with Crippen molar-refractivity contribution in [2.75, 3.05) is 13.7 Å². The number of carbonyl (C=O) groups excluding carboxylic acids is 1. The van der Waals surface area contributed by atoms with Gasteiger partial charge >= 0.3 is 0 Å². The van der Waals surface area contributed by atoms with Crippen molar-refractivity contribution >= 4 is 14.2 Å². The normalized spacial score (nSPS) is 21.8. The van der Waals surface area contributed by atoms with E-state index in [1.165, 1.54) is 0 Å². The number of rotatable bonds is 6. The molecule has 1 aliphatic heterocycles. The Morgan fingerprint density at radius 2 is 1.85 bits per heavy atom. The summed E-state index contributed by atoms with van der Waals surface area (Å²) >= 11 is 0. The lowest BCUT2D eigenvalue weighted by Gasteiger charge is -2.46. The highest BCUT2D eigenvalue weighted by Gasteiger charge is 2.44. The maximum absolute atomic E-state index is 12.5. The molecule has 5 nitrogen and oxygen atoms in total. The number of nitrogens with zero attached hydrogens (tertiary/aromatic N) is 1. The third kappa shape index (κ3) is 4.67. The molecule has 6 heteroatoms. The van der Waals surface area contributed by atoms with Crippen LogP contribution >= 0.6 is 0 Å². The van der Waals surface area contributed by atoms with Crippen molar-refractivity contribution in [3.8, 4) is 5.75 Å². The van der Waals surface area contributed by atoms with Gasteiger partial charge in [-0.25, -0.2) is 0 Å². The van der Waals surface area contributed by atoms with Gasteiger partial charge in [-0.2, -0.15) is 0 Å². The summed E-state index contributed by atoms with van der Waals surface area (Å²) in [5.74, 6) is 0.867. The first-order chi connectivity index (χ1) is 12.1. The predicted octanol–water partition coefficient (Wildman–Crippen LogP) is 3.57. The van der Waals surface area contributed by atoms with Crippen LogP contribution in [0.15, 0.2) is 24.3 Å². The zero-order chi connectivity index (χ0) is 19.5. The molecule has 1 aromatic rings. The lowest BCUT2D eigenvalue weighted by Crippen LogP contribution is -2.57. The van der Waals surface area contributed by atoms with Crippen molar-refractivity contribution in [2.24, 2.45) is 0 Å². The van der Waals surface area contributed by atoms with E-state index in [1.807, 2.05) is 24.3 Å². The summed E-state index contributed by atoms with van der Waals surface area (Å²) in [7, 11) is -0.339. The number of hydrogen-bond acceptors (Lipinski definition) is 4. The Morgan fingerprint density at radius 1 is 1.23 bits per heavy atom. The van der Waals surface area contributed by atoms with Crippen LogP contribution in [0.5, 0.6) is 5.75 Å².